The fourth-order valence-corrected chi connectivity index (χ4v) is 1.99. The highest BCUT2D eigenvalue weighted by Crippen LogP contribution is 2.07. The highest BCUT2D eigenvalue weighted by molar-refractivity contribution is 7.80. The van der Waals surface area contributed by atoms with Crippen molar-refractivity contribution in [3.05, 3.63) is 21.2 Å². The van der Waals surface area contributed by atoms with E-state index in [1.807, 2.05) is 11.6 Å². The van der Waals surface area contributed by atoms with Gasteiger partial charge in [0.1, 0.15) is 0 Å². The molecule has 2 nitrogen and oxygen atoms in total. The van der Waals surface area contributed by atoms with Crippen molar-refractivity contribution in [2.24, 2.45) is 5.92 Å². The summed E-state index contributed by atoms with van der Waals surface area (Å²) in [6.45, 7) is 2.93. The number of hydrogen-bond donors (Lipinski definition) is 1. The van der Waals surface area contributed by atoms with Crippen LogP contribution in [0.1, 0.15) is 13.3 Å². The quantitative estimate of drug-likeness (QED) is 0.741. The SMILES string of the molecule is CCC(CS)Cn1ccsc1=O. The van der Waals surface area contributed by atoms with Crippen LogP contribution in [0.2, 0.25) is 0 Å². The van der Waals surface area contributed by atoms with Gasteiger partial charge in [-0.3, -0.25) is 4.79 Å². The van der Waals surface area contributed by atoms with Crippen molar-refractivity contribution in [2.75, 3.05) is 5.75 Å². The standard InChI is InChI=1S/C8H13NOS2/c1-2-7(6-11)5-9-3-4-12-8(9)10/h3-4,7,11H,2,5-6H2,1H3. The zero-order chi connectivity index (χ0) is 8.97. The van der Waals surface area contributed by atoms with Gasteiger partial charge in [0.25, 0.3) is 0 Å². The molecule has 0 bridgehead atoms. The molecule has 1 aromatic heterocycles. The third-order valence-corrected chi connectivity index (χ3v) is 3.14. The second kappa shape index (κ2) is 4.72. The maximum atomic E-state index is 11.1. The molecule has 1 aromatic rings. The topological polar surface area (TPSA) is 22.0 Å². The summed E-state index contributed by atoms with van der Waals surface area (Å²) in [5, 5.41) is 1.83. The largest absolute Gasteiger partial charge is 0.307 e. The molecule has 0 aromatic carbocycles. The molecule has 0 aliphatic rings. The fraction of sp³-hybridized carbons (Fsp3) is 0.625. The Morgan fingerprint density at radius 1 is 1.75 bits per heavy atom. The van der Waals surface area contributed by atoms with Gasteiger partial charge in [0.05, 0.1) is 0 Å². The van der Waals surface area contributed by atoms with Gasteiger partial charge in [0, 0.05) is 18.1 Å². The van der Waals surface area contributed by atoms with E-state index >= 15 is 0 Å². The molecule has 0 N–H and O–H groups in total. The van der Waals surface area contributed by atoms with Gasteiger partial charge in [-0.2, -0.15) is 12.6 Å². The molecule has 0 aliphatic carbocycles. The summed E-state index contributed by atoms with van der Waals surface area (Å²) >= 11 is 5.48. The van der Waals surface area contributed by atoms with E-state index in [1.54, 1.807) is 4.57 Å². The number of thiol groups is 1. The summed E-state index contributed by atoms with van der Waals surface area (Å²) in [6, 6.07) is 0. The molecule has 1 atom stereocenters. The number of hydrogen-bond acceptors (Lipinski definition) is 3. The molecule has 4 heteroatoms. The third kappa shape index (κ3) is 2.38. The lowest BCUT2D eigenvalue weighted by Gasteiger charge is -2.10. The minimum atomic E-state index is 0.134. The van der Waals surface area contributed by atoms with Crippen molar-refractivity contribution in [1.29, 1.82) is 0 Å². The van der Waals surface area contributed by atoms with Crippen molar-refractivity contribution < 1.29 is 0 Å². The van der Waals surface area contributed by atoms with Gasteiger partial charge < -0.3 is 4.57 Å². The first-order chi connectivity index (χ1) is 5.77. The number of aromatic nitrogens is 1. The Labute approximate surface area is 81.6 Å². The average molecular weight is 203 g/mol. The fourth-order valence-electron chi connectivity index (χ4n) is 1.02. The average Bonchev–Trinajstić information content (AvgIpc) is 2.47. The predicted octanol–water partition coefficient (Wildman–Crippen LogP) is 1.87. The van der Waals surface area contributed by atoms with E-state index in [-0.39, 0.29) is 4.87 Å². The summed E-state index contributed by atoms with van der Waals surface area (Å²) in [6.07, 6.45) is 2.92. The Balaban J connectivity index is 2.62. The summed E-state index contributed by atoms with van der Waals surface area (Å²) < 4.78 is 1.76. The zero-order valence-corrected chi connectivity index (χ0v) is 8.78. The molecule has 0 amide bonds. The van der Waals surface area contributed by atoms with Gasteiger partial charge in [-0.1, -0.05) is 24.7 Å². The van der Waals surface area contributed by atoms with Crippen molar-refractivity contribution in [1.82, 2.24) is 4.57 Å². The van der Waals surface area contributed by atoms with Crippen LogP contribution in [0.15, 0.2) is 16.4 Å². The molecule has 0 aliphatic heterocycles. The van der Waals surface area contributed by atoms with Crippen molar-refractivity contribution in [3.63, 3.8) is 0 Å². The maximum absolute atomic E-state index is 11.1. The first-order valence-electron chi connectivity index (χ1n) is 4.02. The van der Waals surface area contributed by atoms with E-state index in [0.717, 1.165) is 18.7 Å². The first-order valence-corrected chi connectivity index (χ1v) is 5.54. The second-order valence-corrected chi connectivity index (χ2v) is 4.00. The molecule has 1 unspecified atom stereocenters. The molecular weight excluding hydrogens is 190 g/mol. The van der Waals surface area contributed by atoms with E-state index in [1.165, 1.54) is 11.3 Å². The minimum absolute atomic E-state index is 0.134. The Kier molecular flexibility index (Phi) is 3.88. The summed E-state index contributed by atoms with van der Waals surface area (Å²) in [5.74, 6) is 1.36. The summed E-state index contributed by atoms with van der Waals surface area (Å²) in [7, 11) is 0. The van der Waals surface area contributed by atoms with E-state index in [2.05, 4.69) is 19.6 Å². The molecule has 0 saturated heterocycles. The second-order valence-electron chi connectivity index (χ2n) is 2.78. The van der Waals surface area contributed by atoms with Crippen LogP contribution < -0.4 is 4.87 Å². The summed E-state index contributed by atoms with van der Waals surface area (Å²) in [5.41, 5.74) is 0. The van der Waals surface area contributed by atoms with Gasteiger partial charge in [-0.25, -0.2) is 0 Å². The van der Waals surface area contributed by atoms with Crippen LogP contribution in [-0.4, -0.2) is 10.3 Å². The molecule has 1 rings (SSSR count). The maximum Gasteiger partial charge on any atom is 0.307 e. The van der Waals surface area contributed by atoms with Crippen LogP contribution in [0.4, 0.5) is 0 Å². The van der Waals surface area contributed by atoms with Crippen LogP contribution in [0.5, 0.6) is 0 Å². The van der Waals surface area contributed by atoms with Gasteiger partial charge >= 0.3 is 4.87 Å². The smallest absolute Gasteiger partial charge is 0.306 e. The van der Waals surface area contributed by atoms with Crippen LogP contribution in [0.3, 0.4) is 0 Å². The van der Waals surface area contributed by atoms with Gasteiger partial charge in [-0.15, -0.1) is 0 Å². The van der Waals surface area contributed by atoms with Gasteiger partial charge in [0.2, 0.25) is 0 Å². The predicted molar refractivity (Wildman–Crippen MR) is 56.2 cm³/mol. The van der Waals surface area contributed by atoms with E-state index in [9.17, 15) is 4.79 Å². The van der Waals surface area contributed by atoms with E-state index in [0.29, 0.717) is 5.92 Å². The van der Waals surface area contributed by atoms with Crippen LogP contribution in [0, 0.1) is 5.92 Å². The molecule has 0 fully saturated rings. The lowest BCUT2D eigenvalue weighted by atomic mass is 10.1. The highest BCUT2D eigenvalue weighted by Gasteiger charge is 2.05. The minimum Gasteiger partial charge on any atom is -0.306 e. The zero-order valence-electron chi connectivity index (χ0n) is 7.06. The number of thiazole rings is 1. The first kappa shape index (κ1) is 9.86. The molecule has 0 radical (unpaired) electrons. The lowest BCUT2D eigenvalue weighted by Crippen LogP contribution is -2.18. The van der Waals surface area contributed by atoms with Crippen LogP contribution >= 0.6 is 24.0 Å². The van der Waals surface area contributed by atoms with Gasteiger partial charge in [0.15, 0.2) is 0 Å². The normalized spacial score (nSPS) is 13.2. The van der Waals surface area contributed by atoms with E-state index < -0.39 is 0 Å². The molecule has 0 saturated carbocycles. The highest BCUT2D eigenvalue weighted by atomic mass is 32.1. The molecule has 68 valence electrons. The van der Waals surface area contributed by atoms with E-state index in [4.69, 9.17) is 0 Å². The molecule has 1 heterocycles. The van der Waals surface area contributed by atoms with Crippen LogP contribution in [0.25, 0.3) is 0 Å². The van der Waals surface area contributed by atoms with Crippen molar-refractivity contribution in [2.45, 2.75) is 19.9 Å². The molecule has 0 spiro atoms. The van der Waals surface area contributed by atoms with Crippen LogP contribution in [-0.2, 0) is 6.54 Å². The molecule has 12 heavy (non-hydrogen) atoms. The lowest BCUT2D eigenvalue weighted by molar-refractivity contribution is 0.473. The van der Waals surface area contributed by atoms with Gasteiger partial charge in [-0.05, 0) is 11.7 Å². The number of rotatable bonds is 4. The molecular formula is C8H13NOS2. The Morgan fingerprint density at radius 2 is 2.50 bits per heavy atom. The van der Waals surface area contributed by atoms with Crippen molar-refractivity contribution in [3.8, 4) is 0 Å². The monoisotopic (exact) mass is 203 g/mol. The Morgan fingerprint density at radius 3 is 2.92 bits per heavy atom. The third-order valence-electron chi connectivity index (χ3n) is 1.93. The van der Waals surface area contributed by atoms with Crippen molar-refractivity contribution >= 4 is 24.0 Å². The summed E-state index contributed by atoms with van der Waals surface area (Å²) in [4.78, 5) is 11.3. The Hall–Kier alpha value is -0.220. The Bertz CT molecular complexity index is 275. The number of nitrogens with zero attached hydrogens (tertiary/aromatic N) is 1.